The number of rotatable bonds is 4. The van der Waals surface area contributed by atoms with Gasteiger partial charge in [-0.3, -0.25) is 9.59 Å². The average molecular weight is 311 g/mol. The van der Waals surface area contributed by atoms with Crippen LogP contribution < -0.4 is 11.1 Å². The molecule has 1 atom stereocenters. The second kappa shape index (κ2) is 5.53. The standard InChI is InChI=1S/C14H21N3O3S/c15-12(21)14(4-1-5-14)13(19)17-6-7-20-8-10(17)11(18)16-9-2-3-9/h9-10H,1-8H2,(H2,15,21)(H,16,18). The van der Waals surface area contributed by atoms with Crippen molar-refractivity contribution in [2.45, 2.75) is 44.2 Å². The van der Waals surface area contributed by atoms with Gasteiger partial charge in [-0.2, -0.15) is 0 Å². The average Bonchev–Trinajstić information content (AvgIpc) is 3.20. The van der Waals surface area contributed by atoms with Crippen LogP contribution in [0.1, 0.15) is 32.1 Å². The van der Waals surface area contributed by atoms with E-state index >= 15 is 0 Å². The molecule has 0 radical (unpaired) electrons. The quantitative estimate of drug-likeness (QED) is 0.711. The van der Waals surface area contributed by atoms with Crippen molar-refractivity contribution in [1.82, 2.24) is 10.2 Å². The number of thiocarbonyl (C=S) groups is 1. The van der Waals surface area contributed by atoms with Gasteiger partial charge in [0.1, 0.15) is 6.04 Å². The molecule has 1 saturated heterocycles. The molecule has 2 saturated carbocycles. The van der Waals surface area contributed by atoms with E-state index in [1.54, 1.807) is 4.90 Å². The van der Waals surface area contributed by atoms with Crippen molar-refractivity contribution in [2.24, 2.45) is 11.1 Å². The number of nitrogens with two attached hydrogens (primary N) is 1. The van der Waals surface area contributed by atoms with E-state index in [1.807, 2.05) is 0 Å². The maximum absolute atomic E-state index is 12.9. The van der Waals surface area contributed by atoms with Crippen molar-refractivity contribution < 1.29 is 14.3 Å². The smallest absolute Gasteiger partial charge is 0.245 e. The Morgan fingerprint density at radius 1 is 1.33 bits per heavy atom. The summed E-state index contributed by atoms with van der Waals surface area (Å²) in [5.74, 6) is -0.219. The Morgan fingerprint density at radius 2 is 2.05 bits per heavy atom. The number of hydrogen-bond acceptors (Lipinski definition) is 4. The minimum Gasteiger partial charge on any atom is -0.392 e. The topological polar surface area (TPSA) is 84.7 Å². The summed E-state index contributed by atoms with van der Waals surface area (Å²) in [4.78, 5) is 27.1. The fourth-order valence-electron chi connectivity index (χ4n) is 2.96. The lowest BCUT2D eigenvalue weighted by Crippen LogP contribution is -2.62. The minimum atomic E-state index is -0.731. The van der Waals surface area contributed by atoms with Crippen LogP contribution in [0.3, 0.4) is 0 Å². The molecule has 1 heterocycles. The number of carbonyl (C=O) groups excluding carboxylic acids is 2. The summed E-state index contributed by atoms with van der Waals surface area (Å²) in [5, 5.41) is 2.95. The van der Waals surface area contributed by atoms with Crippen LogP contribution in [0.5, 0.6) is 0 Å². The monoisotopic (exact) mass is 311 g/mol. The van der Waals surface area contributed by atoms with E-state index in [-0.39, 0.29) is 29.5 Å². The highest BCUT2D eigenvalue weighted by Gasteiger charge is 2.51. The number of ether oxygens (including phenoxy) is 1. The predicted molar refractivity (Wildman–Crippen MR) is 80.6 cm³/mol. The zero-order valence-corrected chi connectivity index (χ0v) is 12.8. The third-order valence-electron chi connectivity index (χ3n) is 4.70. The normalized spacial score (nSPS) is 27.6. The molecule has 2 aliphatic carbocycles. The number of carbonyl (C=O) groups is 2. The molecular formula is C14H21N3O3S. The van der Waals surface area contributed by atoms with Crippen LogP contribution in [0.2, 0.25) is 0 Å². The van der Waals surface area contributed by atoms with Crippen molar-refractivity contribution in [1.29, 1.82) is 0 Å². The molecule has 3 aliphatic rings. The Hall–Kier alpha value is -1.21. The van der Waals surface area contributed by atoms with Crippen LogP contribution in [-0.2, 0) is 14.3 Å². The number of amides is 2. The summed E-state index contributed by atoms with van der Waals surface area (Å²) < 4.78 is 5.39. The molecule has 0 aromatic rings. The van der Waals surface area contributed by atoms with Gasteiger partial charge < -0.3 is 20.7 Å². The Balaban J connectivity index is 1.75. The highest BCUT2D eigenvalue weighted by atomic mass is 32.1. The number of nitrogens with zero attached hydrogens (tertiary/aromatic N) is 1. The Labute approximate surface area is 129 Å². The SMILES string of the molecule is NC(=S)C1(C(=O)N2CCOCC2C(=O)NC2CC2)CCC1. The van der Waals surface area contributed by atoms with Gasteiger partial charge in [-0.05, 0) is 25.7 Å². The molecule has 1 aliphatic heterocycles. The maximum atomic E-state index is 12.9. The first kappa shape index (κ1) is 14.7. The van der Waals surface area contributed by atoms with Crippen molar-refractivity contribution in [2.75, 3.05) is 19.8 Å². The second-order valence-corrected chi connectivity index (χ2v) is 6.61. The molecule has 3 rings (SSSR count). The largest absolute Gasteiger partial charge is 0.392 e. The van der Waals surface area contributed by atoms with Crippen LogP contribution in [0, 0.1) is 5.41 Å². The van der Waals surface area contributed by atoms with Crippen LogP contribution in [0.15, 0.2) is 0 Å². The molecule has 3 N–H and O–H groups in total. The summed E-state index contributed by atoms with van der Waals surface area (Å²) in [6.45, 7) is 1.12. The van der Waals surface area contributed by atoms with E-state index in [0.717, 1.165) is 19.3 Å². The van der Waals surface area contributed by atoms with Crippen molar-refractivity contribution in [3.63, 3.8) is 0 Å². The van der Waals surface area contributed by atoms with Crippen LogP contribution in [-0.4, -0.2) is 53.5 Å². The van der Waals surface area contributed by atoms with Gasteiger partial charge in [0.2, 0.25) is 11.8 Å². The summed E-state index contributed by atoms with van der Waals surface area (Å²) in [6.07, 6.45) is 4.37. The lowest BCUT2D eigenvalue weighted by atomic mass is 9.67. The Kier molecular flexibility index (Phi) is 3.88. The zero-order valence-electron chi connectivity index (χ0n) is 12.0. The zero-order chi connectivity index (χ0) is 15.0. The van der Waals surface area contributed by atoms with E-state index in [0.29, 0.717) is 26.0 Å². The van der Waals surface area contributed by atoms with E-state index in [4.69, 9.17) is 22.7 Å². The van der Waals surface area contributed by atoms with Gasteiger partial charge in [0.25, 0.3) is 0 Å². The summed E-state index contributed by atoms with van der Waals surface area (Å²) in [6, 6.07) is -0.289. The number of morpholine rings is 1. The molecule has 21 heavy (non-hydrogen) atoms. The molecule has 1 unspecified atom stereocenters. The minimum absolute atomic E-state index is 0.0968. The van der Waals surface area contributed by atoms with E-state index in [2.05, 4.69) is 5.32 Å². The highest BCUT2D eigenvalue weighted by Crippen LogP contribution is 2.43. The van der Waals surface area contributed by atoms with Crippen LogP contribution in [0.4, 0.5) is 0 Å². The third-order valence-corrected chi connectivity index (χ3v) is 5.09. The summed E-state index contributed by atoms with van der Waals surface area (Å²) >= 11 is 5.11. The van der Waals surface area contributed by atoms with Gasteiger partial charge in [-0.15, -0.1) is 0 Å². The first-order chi connectivity index (χ1) is 10.0. The predicted octanol–water partition coefficient (Wildman–Crippen LogP) is -0.0512. The van der Waals surface area contributed by atoms with Crippen LogP contribution in [0.25, 0.3) is 0 Å². The van der Waals surface area contributed by atoms with E-state index in [1.165, 1.54) is 0 Å². The van der Waals surface area contributed by atoms with Gasteiger partial charge in [-0.1, -0.05) is 18.6 Å². The molecule has 0 aromatic carbocycles. The van der Waals surface area contributed by atoms with E-state index in [9.17, 15) is 9.59 Å². The lowest BCUT2D eigenvalue weighted by molar-refractivity contribution is -0.156. The lowest BCUT2D eigenvalue weighted by Gasteiger charge is -2.45. The first-order valence-corrected chi connectivity index (χ1v) is 7.94. The molecule has 0 bridgehead atoms. The molecule has 3 fully saturated rings. The fourth-order valence-corrected chi connectivity index (χ4v) is 3.25. The van der Waals surface area contributed by atoms with Crippen molar-refractivity contribution >= 4 is 29.0 Å². The maximum Gasteiger partial charge on any atom is 0.245 e. The second-order valence-electron chi connectivity index (χ2n) is 6.17. The van der Waals surface area contributed by atoms with E-state index < -0.39 is 11.5 Å². The fraction of sp³-hybridized carbons (Fsp3) is 0.786. The van der Waals surface area contributed by atoms with Crippen molar-refractivity contribution in [3.8, 4) is 0 Å². The Bertz CT molecular complexity index is 474. The Morgan fingerprint density at radius 3 is 2.57 bits per heavy atom. The molecule has 0 spiro atoms. The number of nitrogens with one attached hydrogen (secondary N) is 1. The van der Waals surface area contributed by atoms with Gasteiger partial charge in [0.05, 0.1) is 23.6 Å². The van der Waals surface area contributed by atoms with Gasteiger partial charge >= 0.3 is 0 Å². The molecule has 7 heteroatoms. The van der Waals surface area contributed by atoms with Gasteiger partial charge in [-0.25, -0.2) is 0 Å². The highest BCUT2D eigenvalue weighted by molar-refractivity contribution is 7.80. The van der Waals surface area contributed by atoms with Crippen LogP contribution >= 0.6 is 12.2 Å². The van der Waals surface area contributed by atoms with Gasteiger partial charge in [0.15, 0.2) is 0 Å². The molecule has 116 valence electrons. The summed E-state index contributed by atoms with van der Waals surface area (Å²) in [5.41, 5.74) is 5.07. The number of hydrogen-bond donors (Lipinski definition) is 2. The molecule has 6 nitrogen and oxygen atoms in total. The van der Waals surface area contributed by atoms with Crippen molar-refractivity contribution in [3.05, 3.63) is 0 Å². The van der Waals surface area contributed by atoms with Gasteiger partial charge in [0, 0.05) is 12.6 Å². The summed E-state index contributed by atoms with van der Waals surface area (Å²) in [7, 11) is 0. The molecule has 0 aromatic heterocycles. The molecule has 2 amide bonds. The first-order valence-electron chi connectivity index (χ1n) is 7.54. The molecular weight excluding hydrogens is 290 g/mol. The third kappa shape index (κ3) is 2.64.